The maximum absolute atomic E-state index is 9.98. The minimum Gasteiger partial charge on any atom is -0.506 e. The second-order valence-electron chi connectivity index (χ2n) is 5.53. The van der Waals surface area contributed by atoms with Gasteiger partial charge in [-0.1, -0.05) is 0 Å². The number of aliphatic hydroxyl groups is 1. The van der Waals surface area contributed by atoms with Gasteiger partial charge in [0.1, 0.15) is 17.3 Å². The van der Waals surface area contributed by atoms with Crippen LogP contribution in [0.15, 0.2) is 24.4 Å². The first-order valence-electron chi connectivity index (χ1n) is 7.46. The highest BCUT2D eigenvalue weighted by Gasteiger charge is 2.22. The fourth-order valence-corrected chi connectivity index (χ4v) is 2.98. The van der Waals surface area contributed by atoms with E-state index in [1.165, 1.54) is 0 Å². The molecular formula is C16H20N4O2. The zero-order valence-electron chi connectivity index (χ0n) is 12.3. The fraction of sp³-hybridized carbons (Fsp3) is 0.375. The van der Waals surface area contributed by atoms with Crippen LogP contribution in [0.2, 0.25) is 0 Å². The number of piperidine rings is 1. The number of anilines is 1. The minimum absolute atomic E-state index is 0.0684. The summed E-state index contributed by atoms with van der Waals surface area (Å²) in [6.45, 7) is 1.72. The minimum atomic E-state index is -0.140. The largest absolute Gasteiger partial charge is 0.506 e. The lowest BCUT2D eigenvalue weighted by atomic mass is 9.88. The van der Waals surface area contributed by atoms with Gasteiger partial charge in [0.15, 0.2) is 0 Å². The molecule has 0 amide bonds. The molecule has 22 heavy (non-hydrogen) atoms. The van der Waals surface area contributed by atoms with Crippen molar-refractivity contribution in [2.45, 2.75) is 25.4 Å². The highest BCUT2D eigenvalue weighted by molar-refractivity contribution is 5.66. The van der Waals surface area contributed by atoms with Crippen LogP contribution in [-0.2, 0) is 6.61 Å². The van der Waals surface area contributed by atoms with Gasteiger partial charge in [-0.05, 0) is 49.1 Å². The van der Waals surface area contributed by atoms with E-state index >= 15 is 0 Å². The zero-order valence-corrected chi connectivity index (χ0v) is 12.3. The Labute approximate surface area is 129 Å². The van der Waals surface area contributed by atoms with E-state index in [4.69, 9.17) is 5.73 Å². The molecule has 1 saturated heterocycles. The van der Waals surface area contributed by atoms with Crippen LogP contribution in [0.5, 0.6) is 5.75 Å². The van der Waals surface area contributed by atoms with E-state index in [1.807, 2.05) is 6.07 Å². The van der Waals surface area contributed by atoms with Crippen LogP contribution < -0.4 is 11.1 Å². The van der Waals surface area contributed by atoms with Crippen molar-refractivity contribution in [2.24, 2.45) is 0 Å². The number of nitrogen functional groups attached to an aromatic ring is 1. The fourth-order valence-electron chi connectivity index (χ4n) is 2.98. The molecule has 1 aliphatic heterocycles. The van der Waals surface area contributed by atoms with Crippen molar-refractivity contribution in [1.82, 2.24) is 15.3 Å². The lowest BCUT2D eigenvalue weighted by molar-refractivity contribution is 0.279. The molecule has 0 aromatic carbocycles. The Morgan fingerprint density at radius 3 is 2.95 bits per heavy atom. The van der Waals surface area contributed by atoms with Crippen LogP contribution in [0.1, 0.15) is 29.9 Å². The molecule has 1 fully saturated rings. The Kier molecular flexibility index (Phi) is 4.22. The number of nitrogens with one attached hydrogen (secondary N) is 1. The van der Waals surface area contributed by atoms with Crippen molar-refractivity contribution in [3.63, 3.8) is 0 Å². The van der Waals surface area contributed by atoms with Gasteiger partial charge >= 0.3 is 0 Å². The normalized spacial score (nSPS) is 18.3. The average Bonchev–Trinajstić information content (AvgIpc) is 2.55. The molecular weight excluding hydrogens is 280 g/mol. The summed E-state index contributed by atoms with van der Waals surface area (Å²) in [7, 11) is 0. The van der Waals surface area contributed by atoms with Crippen LogP contribution >= 0.6 is 0 Å². The third-order valence-corrected chi connectivity index (χ3v) is 4.11. The Hall–Kier alpha value is -2.18. The molecule has 3 heterocycles. The number of pyridine rings is 2. The van der Waals surface area contributed by atoms with Gasteiger partial charge in [-0.3, -0.25) is 4.98 Å². The van der Waals surface area contributed by atoms with E-state index in [9.17, 15) is 10.2 Å². The molecule has 1 atom stereocenters. The number of aliphatic hydroxyl groups excluding tert-OH is 1. The summed E-state index contributed by atoms with van der Waals surface area (Å²) in [4.78, 5) is 8.49. The number of hydrogen-bond donors (Lipinski definition) is 4. The van der Waals surface area contributed by atoms with Crippen molar-refractivity contribution >= 4 is 5.82 Å². The molecule has 0 aliphatic carbocycles. The topological polar surface area (TPSA) is 104 Å². The Morgan fingerprint density at radius 1 is 1.41 bits per heavy atom. The van der Waals surface area contributed by atoms with E-state index < -0.39 is 0 Å². The number of nitrogens with two attached hydrogens (primary N) is 1. The number of hydrogen-bond acceptors (Lipinski definition) is 6. The molecule has 2 aromatic heterocycles. The first kappa shape index (κ1) is 14.7. The second-order valence-corrected chi connectivity index (χ2v) is 5.53. The van der Waals surface area contributed by atoms with Crippen molar-refractivity contribution in [1.29, 1.82) is 0 Å². The summed E-state index contributed by atoms with van der Waals surface area (Å²) in [5, 5.41) is 23.0. The number of rotatable bonds is 3. The first-order valence-corrected chi connectivity index (χ1v) is 7.46. The van der Waals surface area contributed by atoms with Crippen LogP contribution in [0.25, 0.3) is 11.4 Å². The van der Waals surface area contributed by atoms with E-state index in [0.717, 1.165) is 31.5 Å². The van der Waals surface area contributed by atoms with Crippen LogP contribution in [0.4, 0.5) is 5.82 Å². The van der Waals surface area contributed by atoms with Crippen LogP contribution in [0.3, 0.4) is 0 Å². The van der Waals surface area contributed by atoms with Gasteiger partial charge in [-0.25, -0.2) is 4.98 Å². The highest BCUT2D eigenvalue weighted by atomic mass is 16.3. The number of aromatic nitrogens is 2. The lowest BCUT2D eigenvalue weighted by Gasteiger charge is -2.26. The molecule has 0 saturated carbocycles. The predicted octanol–water partition coefficient (Wildman–Crippen LogP) is 1.39. The zero-order chi connectivity index (χ0) is 15.5. The number of nitrogens with zero attached hydrogens (tertiary/aromatic N) is 2. The van der Waals surface area contributed by atoms with Gasteiger partial charge in [-0.2, -0.15) is 0 Å². The molecule has 116 valence electrons. The van der Waals surface area contributed by atoms with Crippen molar-refractivity contribution in [3.05, 3.63) is 35.5 Å². The quantitative estimate of drug-likeness (QED) is 0.683. The molecule has 0 radical (unpaired) electrons. The van der Waals surface area contributed by atoms with Gasteiger partial charge < -0.3 is 21.3 Å². The Balaban J connectivity index is 2.10. The third kappa shape index (κ3) is 2.75. The van der Waals surface area contributed by atoms with E-state index in [1.54, 1.807) is 18.3 Å². The van der Waals surface area contributed by atoms with Gasteiger partial charge in [-0.15, -0.1) is 0 Å². The van der Waals surface area contributed by atoms with Gasteiger partial charge in [0.25, 0.3) is 0 Å². The molecule has 1 unspecified atom stereocenters. The summed E-state index contributed by atoms with van der Waals surface area (Å²) in [5.41, 5.74) is 8.63. The lowest BCUT2D eigenvalue weighted by Crippen LogP contribution is -2.29. The van der Waals surface area contributed by atoms with Gasteiger partial charge in [0.2, 0.25) is 0 Å². The maximum Gasteiger partial charge on any atom is 0.143 e. The smallest absolute Gasteiger partial charge is 0.143 e. The Morgan fingerprint density at radius 2 is 2.27 bits per heavy atom. The average molecular weight is 300 g/mol. The van der Waals surface area contributed by atoms with E-state index in [0.29, 0.717) is 22.8 Å². The molecule has 0 spiro atoms. The molecule has 2 aromatic rings. The number of aromatic hydroxyl groups is 1. The second kappa shape index (κ2) is 6.29. The highest BCUT2D eigenvalue weighted by Crippen LogP contribution is 2.34. The molecule has 5 N–H and O–H groups in total. The maximum atomic E-state index is 9.98. The van der Waals surface area contributed by atoms with E-state index in [2.05, 4.69) is 15.3 Å². The molecule has 6 heteroatoms. The standard InChI is InChI=1S/C16H20N4O2/c17-16-12(9-21)11(10-3-1-5-18-8-10)7-13(20-16)15-14(22)4-2-6-19-15/h2,4,6-7,10,18,21-22H,1,3,5,8-9H2,(H2,17,20). The summed E-state index contributed by atoms with van der Waals surface area (Å²) >= 11 is 0. The molecule has 0 bridgehead atoms. The summed E-state index contributed by atoms with van der Waals surface area (Å²) < 4.78 is 0. The molecule has 1 aliphatic rings. The van der Waals surface area contributed by atoms with E-state index in [-0.39, 0.29) is 18.3 Å². The van der Waals surface area contributed by atoms with Gasteiger partial charge in [0.05, 0.1) is 12.3 Å². The third-order valence-electron chi connectivity index (χ3n) is 4.11. The van der Waals surface area contributed by atoms with Crippen LogP contribution in [0, 0.1) is 0 Å². The predicted molar refractivity (Wildman–Crippen MR) is 84.3 cm³/mol. The Bertz CT molecular complexity index is 669. The van der Waals surface area contributed by atoms with Crippen molar-refractivity contribution < 1.29 is 10.2 Å². The van der Waals surface area contributed by atoms with Crippen molar-refractivity contribution in [2.75, 3.05) is 18.8 Å². The molecule has 3 rings (SSSR count). The molecule has 6 nitrogen and oxygen atoms in total. The first-order chi connectivity index (χ1) is 10.7. The monoisotopic (exact) mass is 300 g/mol. The summed E-state index contributed by atoms with van der Waals surface area (Å²) in [6, 6.07) is 5.12. The van der Waals surface area contributed by atoms with Crippen LogP contribution in [-0.4, -0.2) is 33.3 Å². The summed E-state index contributed by atoms with van der Waals surface area (Å²) in [5.74, 6) is 0.648. The summed E-state index contributed by atoms with van der Waals surface area (Å²) in [6.07, 6.45) is 3.73. The van der Waals surface area contributed by atoms with Gasteiger partial charge in [0, 0.05) is 18.3 Å². The SMILES string of the molecule is Nc1nc(-c2ncccc2O)cc(C2CCCNC2)c1CO. The van der Waals surface area contributed by atoms with Crippen molar-refractivity contribution in [3.8, 4) is 17.1 Å².